The van der Waals surface area contributed by atoms with Gasteiger partial charge in [0, 0.05) is 18.4 Å². The highest BCUT2D eigenvalue weighted by molar-refractivity contribution is 5.88. The van der Waals surface area contributed by atoms with Crippen LogP contribution >= 0.6 is 0 Å². The Hall–Kier alpha value is -2.64. The van der Waals surface area contributed by atoms with Gasteiger partial charge in [-0.15, -0.1) is 0 Å². The molecule has 0 bridgehead atoms. The minimum atomic E-state index is -0.838. The first-order valence-electron chi connectivity index (χ1n) is 6.96. The standard InChI is InChI=1S/C15H17N5O2/c21-9-11(22)8-17-14-12-6-7-16-13(12)19-15(20-14)18-10-4-2-1-3-5-10/h1-7,11,21-22H,8-9H2,(H3,16,17,18,19,20). The average Bonchev–Trinajstić information content (AvgIpc) is 3.01. The van der Waals surface area contributed by atoms with Crippen LogP contribution in [-0.2, 0) is 0 Å². The van der Waals surface area contributed by atoms with Gasteiger partial charge in [-0.25, -0.2) is 0 Å². The van der Waals surface area contributed by atoms with Crippen molar-refractivity contribution in [2.24, 2.45) is 0 Å². The molecule has 0 saturated heterocycles. The van der Waals surface area contributed by atoms with E-state index < -0.39 is 6.10 Å². The molecule has 0 aliphatic rings. The lowest BCUT2D eigenvalue weighted by molar-refractivity contribution is 0.105. The fraction of sp³-hybridized carbons (Fsp3) is 0.200. The van der Waals surface area contributed by atoms with Crippen molar-refractivity contribution in [3.63, 3.8) is 0 Å². The Balaban J connectivity index is 1.88. The summed E-state index contributed by atoms with van der Waals surface area (Å²) in [5.74, 6) is 1.04. The van der Waals surface area contributed by atoms with E-state index >= 15 is 0 Å². The fourth-order valence-corrected chi connectivity index (χ4v) is 2.06. The Morgan fingerprint density at radius 3 is 2.73 bits per heavy atom. The van der Waals surface area contributed by atoms with E-state index in [1.165, 1.54) is 0 Å². The molecule has 22 heavy (non-hydrogen) atoms. The smallest absolute Gasteiger partial charge is 0.231 e. The molecule has 0 amide bonds. The number of anilines is 3. The third kappa shape index (κ3) is 3.16. The summed E-state index contributed by atoms with van der Waals surface area (Å²) in [5, 5.41) is 25.3. The predicted octanol–water partition coefficient (Wildman–Crippen LogP) is 1.47. The number of hydrogen-bond acceptors (Lipinski definition) is 6. The molecule has 2 heterocycles. The van der Waals surface area contributed by atoms with Crippen molar-refractivity contribution in [3.05, 3.63) is 42.6 Å². The molecule has 0 radical (unpaired) electrons. The number of benzene rings is 1. The summed E-state index contributed by atoms with van der Waals surface area (Å²) in [4.78, 5) is 11.9. The Morgan fingerprint density at radius 2 is 1.95 bits per heavy atom. The van der Waals surface area contributed by atoms with Gasteiger partial charge < -0.3 is 25.8 Å². The summed E-state index contributed by atoms with van der Waals surface area (Å²) in [6.45, 7) is -0.0952. The average molecular weight is 299 g/mol. The number of aromatic nitrogens is 3. The number of H-pyrrole nitrogens is 1. The van der Waals surface area contributed by atoms with Crippen LogP contribution in [0.4, 0.5) is 17.5 Å². The monoisotopic (exact) mass is 299 g/mol. The molecule has 0 spiro atoms. The summed E-state index contributed by atoms with van der Waals surface area (Å²) in [7, 11) is 0. The molecule has 0 fully saturated rings. The quantitative estimate of drug-likeness (QED) is 0.472. The number of rotatable bonds is 6. The number of aliphatic hydroxyl groups excluding tert-OH is 2. The van der Waals surface area contributed by atoms with Crippen LogP contribution in [0.2, 0.25) is 0 Å². The van der Waals surface area contributed by atoms with Gasteiger partial charge in [0.05, 0.1) is 18.1 Å². The molecule has 114 valence electrons. The van der Waals surface area contributed by atoms with Crippen LogP contribution in [0.1, 0.15) is 0 Å². The number of aromatic amines is 1. The van der Waals surface area contributed by atoms with Crippen molar-refractivity contribution in [2.75, 3.05) is 23.8 Å². The highest BCUT2D eigenvalue weighted by atomic mass is 16.3. The number of hydrogen-bond donors (Lipinski definition) is 5. The first-order valence-corrected chi connectivity index (χ1v) is 6.96. The van der Waals surface area contributed by atoms with Crippen molar-refractivity contribution in [2.45, 2.75) is 6.10 Å². The lowest BCUT2D eigenvalue weighted by atomic mass is 10.3. The zero-order valence-electron chi connectivity index (χ0n) is 11.8. The van der Waals surface area contributed by atoms with E-state index in [1.807, 2.05) is 36.4 Å². The van der Waals surface area contributed by atoms with E-state index in [-0.39, 0.29) is 13.2 Å². The summed E-state index contributed by atoms with van der Waals surface area (Å²) in [6.07, 6.45) is 0.939. The second-order valence-corrected chi connectivity index (χ2v) is 4.84. The first kappa shape index (κ1) is 14.3. The molecule has 3 rings (SSSR count). The molecule has 3 aromatic rings. The Morgan fingerprint density at radius 1 is 1.14 bits per heavy atom. The number of aliphatic hydroxyl groups is 2. The summed E-state index contributed by atoms with van der Waals surface area (Å²) in [6, 6.07) is 11.5. The van der Waals surface area contributed by atoms with Gasteiger partial charge in [0.25, 0.3) is 0 Å². The second-order valence-electron chi connectivity index (χ2n) is 4.84. The zero-order valence-corrected chi connectivity index (χ0v) is 11.8. The molecule has 7 nitrogen and oxygen atoms in total. The van der Waals surface area contributed by atoms with Crippen molar-refractivity contribution in [1.82, 2.24) is 15.0 Å². The van der Waals surface area contributed by atoms with Gasteiger partial charge in [0.2, 0.25) is 5.95 Å². The van der Waals surface area contributed by atoms with Gasteiger partial charge in [0.15, 0.2) is 0 Å². The molecule has 1 atom stereocenters. The van der Waals surface area contributed by atoms with Crippen LogP contribution in [-0.4, -0.2) is 44.4 Å². The Labute approximate surface area is 127 Å². The SMILES string of the molecule is OCC(O)CNc1nc(Nc2ccccc2)nc2[nH]ccc12. The van der Waals surface area contributed by atoms with Crippen LogP contribution in [0.5, 0.6) is 0 Å². The highest BCUT2D eigenvalue weighted by Gasteiger charge is 2.10. The largest absolute Gasteiger partial charge is 0.394 e. The van der Waals surface area contributed by atoms with Gasteiger partial charge in [-0.1, -0.05) is 18.2 Å². The van der Waals surface area contributed by atoms with E-state index in [0.29, 0.717) is 17.4 Å². The van der Waals surface area contributed by atoms with Crippen molar-refractivity contribution >= 4 is 28.5 Å². The number of para-hydroxylation sites is 1. The molecule has 0 aliphatic carbocycles. The van der Waals surface area contributed by atoms with Gasteiger partial charge in [-0.2, -0.15) is 9.97 Å². The molecule has 2 aromatic heterocycles. The molecule has 0 aliphatic heterocycles. The number of nitrogens with one attached hydrogen (secondary N) is 3. The molecule has 5 N–H and O–H groups in total. The molecule has 7 heteroatoms. The van der Waals surface area contributed by atoms with Gasteiger partial charge >= 0.3 is 0 Å². The molecular formula is C15H17N5O2. The van der Waals surface area contributed by atoms with E-state index in [2.05, 4.69) is 25.6 Å². The summed E-state index contributed by atoms with van der Waals surface area (Å²) in [5.41, 5.74) is 1.57. The minimum Gasteiger partial charge on any atom is -0.394 e. The van der Waals surface area contributed by atoms with Crippen LogP contribution in [0, 0.1) is 0 Å². The molecular weight excluding hydrogens is 282 g/mol. The minimum absolute atomic E-state index is 0.207. The number of fused-ring (bicyclic) bond motifs is 1. The first-order chi connectivity index (χ1) is 10.8. The van der Waals surface area contributed by atoms with Crippen molar-refractivity contribution < 1.29 is 10.2 Å². The van der Waals surface area contributed by atoms with E-state index in [4.69, 9.17) is 5.11 Å². The zero-order chi connectivity index (χ0) is 15.4. The van der Waals surface area contributed by atoms with E-state index in [1.54, 1.807) is 6.20 Å². The maximum absolute atomic E-state index is 9.47. The fourth-order valence-electron chi connectivity index (χ4n) is 2.06. The van der Waals surface area contributed by atoms with Gasteiger partial charge in [-0.3, -0.25) is 0 Å². The maximum atomic E-state index is 9.47. The molecule has 0 saturated carbocycles. The van der Waals surface area contributed by atoms with Crippen LogP contribution in [0.15, 0.2) is 42.6 Å². The molecule has 1 aromatic carbocycles. The topological polar surface area (TPSA) is 106 Å². The lowest BCUT2D eigenvalue weighted by Crippen LogP contribution is -2.23. The highest BCUT2D eigenvalue weighted by Crippen LogP contribution is 2.22. The van der Waals surface area contributed by atoms with Crippen molar-refractivity contribution in [1.29, 1.82) is 0 Å². The summed E-state index contributed by atoms with van der Waals surface area (Å²) >= 11 is 0. The summed E-state index contributed by atoms with van der Waals surface area (Å²) < 4.78 is 0. The van der Waals surface area contributed by atoms with Crippen LogP contribution in [0.25, 0.3) is 11.0 Å². The van der Waals surface area contributed by atoms with Crippen molar-refractivity contribution in [3.8, 4) is 0 Å². The van der Waals surface area contributed by atoms with E-state index in [9.17, 15) is 5.11 Å². The van der Waals surface area contributed by atoms with Gasteiger partial charge in [-0.05, 0) is 18.2 Å². The van der Waals surface area contributed by atoms with Crippen LogP contribution < -0.4 is 10.6 Å². The maximum Gasteiger partial charge on any atom is 0.231 e. The third-order valence-electron chi connectivity index (χ3n) is 3.16. The van der Waals surface area contributed by atoms with E-state index in [0.717, 1.165) is 11.1 Å². The Kier molecular flexibility index (Phi) is 4.17. The lowest BCUT2D eigenvalue weighted by Gasteiger charge is -2.12. The second kappa shape index (κ2) is 6.42. The van der Waals surface area contributed by atoms with Gasteiger partial charge in [0.1, 0.15) is 11.5 Å². The normalized spacial score (nSPS) is 12.3. The third-order valence-corrected chi connectivity index (χ3v) is 3.16. The Bertz CT molecular complexity index is 744. The van der Waals surface area contributed by atoms with Crippen LogP contribution in [0.3, 0.4) is 0 Å². The number of nitrogens with zero attached hydrogens (tertiary/aromatic N) is 2. The molecule has 1 unspecified atom stereocenters. The predicted molar refractivity (Wildman–Crippen MR) is 85.2 cm³/mol.